The fourth-order valence-electron chi connectivity index (χ4n) is 3.15. The fourth-order valence-corrected chi connectivity index (χ4v) is 3.56. The SMILES string of the molecule is CCOC(=O)N1CCC[C@H](C(=O)Nc2ccnn2Cc2ccccc2Br)C1. The highest BCUT2D eigenvalue weighted by molar-refractivity contribution is 9.10. The molecular formula is C19H23BrN4O3. The van der Waals surface area contributed by atoms with Gasteiger partial charge in [-0.25, -0.2) is 9.48 Å². The summed E-state index contributed by atoms with van der Waals surface area (Å²) in [5, 5.41) is 7.27. The summed E-state index contributed by atoms with van der Waals surface area (Å²) in [4.78, 5) is 26.3. The summed E-state index contributed by atoms with van der Waals surface area (Å²) in [7, 11) is 0. The Labute approximate surface area is 166 Å². The Morgan fingerprint density at radius 3 is 2.93 bits per heavy atom. The molecule has 0 aliphatic carbocycles. The predicted octanol–water partition coefficient (Wildman–Crippen LogP) is 3.50. The zero-order valence-corrected chi connectivity index (χ0v) is 16.8. The van der Waals surface area contributed by atoms with Crippen molar-refractivity contribution in [1.82, 2.24) is 14.7 Å². The number of hydrogen-bond acceptors (Lipinski definition) is 4. The summed E-state index contributed by atoms with van der Waals surface area (Å²) in [6.07, 6.45) is 2.85. The van der Waals surface area contributed by atoms with Crippen molar-refractivity contribution < 1.29 is 14.3 Å². The average Bonchev–Trinajstić information content (AvgIpc) is 3.10. The molecule has 1 saturated heterocycles. The number of nitrogens with one attached hydrogen (secondary N) is 1. The second-order valence-electron chi connectivity index (χ2n) is 6.44. The van der Waals surface area contributed by atoms with E-state index in [-0.39, 0.29) is 17.9 Å². The first-order valence-electron chi connectivity index (χ1n) is 9.06. The van der Waals surface area contributed by atoms with Crippen LogP contribution in [0.15, 0.2) is 41.0 Å². The van der Waals surface area contributed by atoms with Gasteiger partial charge in [0, 0.05) is 23.6 Å². The first-order valence-corrected chi connectivity index (χ1v) is 9.85. The van der Waals surface area contributed by atoms with Crippen LogP contribution in [0.1, 0.15) is 25.3 Å². The van der Waals surface area contributed by atoms with Crippen LogP contribution < -0.4 is 5.32 Å². The number of likely N-dealkylation sites (tertiary alicyclic amines) is 1. The molecule has 7 nitrogen and oxygen atoms in total. The minimum atomic E-state index is -0.353. The van der Waals surface area contributed by atoms with Gasteiger partial charge in [-0.3, -0.25) is 4.79 Å². The second-order valence-corrected chi connectivity index (χ2v) is 7.29. The number of anilines is 1. The van der Waals surface area contributed by atoms with Gasteiger partial charge in [-0.15, -0.1) is 0 Å². The lowest BCUT2D eigenvalue weighted by Crippen LogP contribution is -2.44. The van der Waals surface area contributed by atoms with E-state index in [0.717, 1.165) is 22.9 Å². The number of benzene rings is 1. The highest BCUT2D eigenvalue weighted by atomic mass is 79.9. The summed E-state index contributed by atoms with van der Waals surface area (Å²) < 4.78 is 7.80. The Kier molecular flexibility index (Phi) is 6.49. The fraction of sp³-hybridized carbons (Fsp3) is 0.421. The molecule has 1 atom stereocenters. The topological polar surface area (TPSA) is 76.5 Å². The minimum Gasteiger partial charge on any atom is -0.450 e. The lowest BCUT2D eigenvalue weighted by atomic mass is 9.97. The summed E-state index contributed by atoms with van der Waals surface area (Å²) in [5.74, 6) is 0.289. The Morgan fingerprint density at radius 2 is 2.15 bits per heavy atom. The Balaban J connectivity index is 1.64. The van der Waals surface area contributed by atoms with Crippen molar-refractivity contribution in [3.8, 4) is 0 Å². The van der Waals surface area contributed by atoms with Gasteiger partial charge < -0.3 is 15.0 Å². The summed E-state index contributed by atoms with van der Waals surface area (Å²) in [6, 6.07) is 9.69. The molecule has 8 heteroatoms. The number of nitrogens with zero attached hydrogens (tertiary/aromatic N) is 3. The van der Waals surface area contributed by atoms with Gasteiger partial charge in [0.25, 0.3) is 0 Å². The maximum Gasteiger partial charge on any atom is 0.409 e. The number of ether oxygens (including phenoxy) is 1. The van der Waals surface area contributed by atoms with E-state index < -0.39 is 0 Å². The van der Waals surface area contributed by atoms with E-state index in [4.69, 9.17) is 4.74 Å². The van der Waals surface area contributed by atoms with E-state index in [0.29, 0.717) is 32.1 Å². The first kappa shape index (κ1) is 19.4. The van der Waals surface area contributed by atoms with Crippen molar-refractivity contribution in [2.75, 3.05) is 25.0 Å². The van der Waals surface area contributed by atoms with Gasteiger partial charge >= 0.3 is 6.09 Å². The molecule has 1 aliphatic heterocycles. The number of piperidine rings is 1. The molecule has 1 N–H and O–H groups in total. The highest BCUT2D eigenvalue weighted by Gasteiger charge is 2.29. The van der Waals surface area contributed by atoms with Crippen LogP contribution in [0.4, 0.5) is 10.6 Å². The zero-order chi connectivity index (χ0) is 19.2. The van der Waals surface area contributed by atoms with E-state index in [1.54, 1.807) is 28.8 Å². The summed E-state index contributed by atoms with van der Waals surface area (Å²) in [6.45, 7) is 3.66. The number of halogens is 1. The van der Waals surface area contributed by atoms with Crippen molar-refractivity contribution in [2.24, 2.45) is 5.92 Å². The van der Waals surface area contributed by atoms with Crippen LogP contribution in [0.3, 0.4) is 0 Å². The van der Waals surface area contributed by atoms with Crippen LogP contribution in [0.5, 0.6) is 0 Å². The van der Waals surface area contributed by atoms with Crippen LogP contribution >= 0.6 is 15.9 Å². The number of rotatable bonds is 5. The third-order valence-electron chi connectivity index (χ3n) is 4.56. The third-order valence-corrected chi connectivity index (χ3v) is 5.34. The number of aromatic nitrogens is 2. The Hall–Kier alpha value is -2.35. The first-order chi connectivity index (χ1) is 13.1. The van der Waals surface area contributed by atoms with Gasteiger partial charge in [0.1, 0.15) is 5.82 Å². The van der Waals surface area contributed by atoms with E-state index in [1.807, 2.05) is 24.3 Å². The van der Waals surface area contributed by atoms with E-state index in [1.165, 1.54) is 0 Å². The number of amides is 2. The molecule has 1 aromatic heterocycles. The van der Waals surface area contributed by atoms with Crippen LogP contribution in [-0.4, -0.2) is 46.4 Å². The minimum absolute atomic E-state index is 0.0992. The van der Waals surface area contributed by atoms with Crippen LogP contribution in [0.2, 0.25) is 0 Å². The van der Waals surface area contributed by atoms with Gasteiger partial charge in [0.05, 0.1) is 25.3 Å². The average molecular weight is 435 g/mol. The molecular weight excluding hydrogens is 412 g/mol. The molecule has 1 fully saturated rings. The molecule has 2 heterocycles. The van der Waals surface area contributed by atoms with E-state index in [2.05, 4.69) is 26.3 Å². The third kappa shape index (κ3) is 4.88. The van der Waals surface area contributed by atoms with E-state index in [9.17, 15) is 9.59 Å². The van der Waals surface area contributed by atoms with Crippen LogP contribution in [-0.2, 0) is 16.1 Å². The maximum atomic E-state index is 12.7. The second kappa shape index (κ2) is 9.03. The van der Waals surface area contributed by atoms with Crippen molar-refractivity contribution in [3.63, 3.8) is 0 Å². The van der Waals surface area contributed by atoms with Crippen molar-refractivity contribution in [2.45, 2.75) is 26.3 Å². The molecule has 0 radical (unpaired) electrons. The molecule has 0 unspecified atom stereocenters. The molecule has 144 valence electrons. The van der Waals surface area contributed by atoms with Gasteiger partial charge in [-0.05, 0) is 31.4 Å². The molecule has 0 saturated carbocycles. The smallest absolute Gasteiger partial charge is 0.409 e. The summed E-state index contributed by atoms with van der Waals surface area (Å²) in [5.41, 5.74) is 1.07. The quantitative estimate of drug-likeness (QED) is 0.780. The van der Waals surface area contributed by atoms with Crippen LogP contribution in [0, 0.1) is 5.92 Å². The highest BCUT2D eigenvalue weighted by Crippen LogP contribution is 2.21. The largest absolute Gasteiger partial charge is 0.450 e. The number of carbonyl (C=O) groups excluding carboxylic acids is 2. The van der Waals surface area contributed by atoms with Gasteiger partial charge in [0.2, 0.25) is 5.91 Å². The van der Waals surface area contributed by atoms with Gasteiger partial charge in [0.15, 0.2) is 0 Å². The van der Waals surface area contributed by atoms with Gasteiger partial charge in [-0.1, -0.05) is 34.1 Å². The molecule has 0 spiro atoms. The van der Waals surface area contributed by atoms with E-state index >= 15 is 0 Å². The Bertz CT molecular complexity index is 808. The lowest BCUT2D eigenvalue weighted by Gasteiger charge is -2.31. The standard InChI is InChI=1S/C19H23BrN4O3/c1-2-27-19(26)23-11-5-7-15(12-23)18(25)22-17-9-10-21-24(17)13-14-6-3-4-8-16(14)20/h3-4,6,8-10,15H,2,5,7,11-13H2,1H3,(H,22,25)/t15-/m0/s1. The normalized spacial score (nSPS) is 16.8. The molecule has 2 amide bonds. The van der Waals surface area contributed by atoms with Gasteiger partial charge in [-0.2, -0.15) is 5.10 Å². The van der Waals surface area contributed by atoms with Crippen molar-refractivity contribution in [1.29, 1.82) is 0 Å². The van der Waals surface area contributed by atoms with Crippen molar-refractivity contribution in [3.05, 3.63) is 46.6 Å². The summed E-state index contributed by atoms with van der Waals surface area (Å²) >= 11 is 3.54. The number of carbonyl (C=O) groups is 2. The number of hydrogen-bond donors (Lipinski definition) is 1. The molecule has 1 aromatic carbocycles. The van der Waals surface area contributed by atoms with Crippen LogP contribution in [0.25, 0.3) is 0 Å². The monoisotopic (exact) mass is 434 g/mol. The van der Waals surface area contributed by atoms with Crippen molar-refractivity contribution >= 4 is 33.7 Å². The molecule has 2 aromatic rings. The molecule has 1 aliphatic rings. The molecule has 27 heavy (non-hydrogen) atoms. The maximum absolute atomic E-state index is 12.7. The zero-order valence-electron chi connectivity index (χ0n) is 15.2. The lowest BCUT2D eigenvalue weighted by molar-refractivity contribution is -0.121. The Morgan fingerprint density at radius 1 is 1.33 bits per heavy atom. The molecule has 0 bridgehead atoms. The molecule has 3 rings (SSSR count). The predicted molar refractivity (Wildman–Crippen MR) is 105 cm³/mol.